The number of aliphatic carboxylic acids is 1. The molecule has 1 amide bonds. The van der Waals surface area contributed by atoms with Gasteiger partial charge in [-0.05, 0) is 44.5 Å². The highest BCUT2D eigenvalue weighted by atomic mass is 16.5. The molecule has 6 nitrogen and oxygen atoms in total. The Morgan fingerprint density at radius 1 is 1.20 bits per heavy atom. The van der Waals surface area contributed by atoms with Crippen molar-refractivity contribution < 1.29 is 19.4 Å². The van der Waals surface area contributed by atoms with E-state index in [1.54, 1.807) is 4.90 Å². The number of benzene rings is 1. The largest absolute Gasteiger partial charge is 0.479 e. The van der Waals surface area contributed by atoms with Crippen LogP contribution in [0.15, 0.2) is 30.3 Å². The third-order valence-corrected chi connectivity index (χ3v) is 4.55. The smallest absolute Gasteiger partial charge is 0.334 e. The van der Waals surface area contributed by atoms with Gasteiger partial charge in [-0.25, -0.2) is 4.79 Å². The van der Waals surface area contributed by atoms with E-state index in [-0.39, 0.29) is 19.1 Å². The lowest BCUT2D eigenvalue weighted by Crippen LogP contribution is -2.48. The van der Waals surface area contributed by atoms with Crippen molar-refractivity contribution in [2.45, 2.75) is 26.9 Å². The average Bonchev–Trinajstić information content (AvgIpc) is 2.88. The monoisotopic (exact) mass is 342 g/mol. The Morgan fingerprint density at radius 2 is 1.96 bits per heavy atom. The molecule has 0 saturated carbocycles. The maximum atomic E-state index is 12.9. The number of carbonyl (C=O) groups excluding carboxylic acids is 1. The topological polar surface area (TPSA) is 71.8 Å². The zero-order valence-electron chi connectivity index (χ0n) is 14.7. The van der Waals surface area contributed by atoms with Crippen molar-refractivity contribution in [1.82, 2.24) is 9.47 Å². The maximum absolute atomic E-state index is 12.9. The molecule has 3 rings (SSSR count). The highest BCUT2D eigenvalue weighted by Crippen LogP contribution is 2.23. The van der Waals surface area contributed by atoms with Crippen LogP contribution in [0, 0.1) is 20.8 Å². The molecule has 1 unspecified atom stereocenters. The Bertz CT molecular complexity index is 825. The lowest BCUT2D eigenvalue weighted by atomic mass is 10.2. The average molecular weight is 342 g/mol. The molecule has 0 bridgehead atoms. The van der Waals surface area contributed by atoms with Crippen molar-refractivity contribution in [3.63, 3.8) is 0 Å². The van der Waals surface area contributed by atoms with Gasteiger partial charge in [-0.2, -0.15) is 0 Å². The molecule has 0 aliphatic carbocycles. The minimum atomic E-state index is -1.04. The van der Waals surface area contributed by atoms with Crippen molar-refractivity contribution in [2.75, 3.05) is 19.7 Å². The van der Waals surface area contributed by atoms with Gasteiger partial charge in [-0.1, -0.05) is 12.1 Å². The molecule has 1 saturated heterocycles. The number of hydrogen-bond acceptors (Lipinski definition) is 3. The molecule has 1 aromatic heterocycles. The van der Waals surface area contributed by atoms with Gasteiger partial charge in [0, 0.05) is 23.6 Å². The van der Waals surface area contributed by atoms with Crippen molar-refractivity contribution in [2.24, 2.45) is 0 Å². The minimum Gasteiger partial charge on any atom is -0.479 e. The van der Waals surface area contributed by atoms with Crippen LogP contribution < -0.4 is 0 Å². The van der Waals surface area contributed by atoms with Crippen molar-refractivity contribution >= 4 is 11.9 Å². The Hall–Kier alpha value is -2.60. The summed E-state index contributed by atoms with van der Waals surface area (Å²) in [7, 11) is 0. The molecule has 1 aliphatic rings. The van der Waals surface area contributed by atoms with E-state index in [4.69, 9.17) is 9.84 Å². The molecule has 1 aliphatic heterocycles. The standard InChI is InChI=1S/C19H22N2O4/c1-12-5-4-6-15(9-12)21-13(2)10-16(14(21)3)18(22)20-7-8-25-17(11-20)19(23)24/h4-6,9-10,17H,7-8,11H2,1-3H3,(H,23,24). The SMILES string of the molecule is Cc1cccc(-n2c(C)cc(C(=O)N3CCOC(C(=O)O)C3)c2C)c1. The van der Waals surface area contributed by atoms with Crippen LogP contribution in [0.1, 0.15) is 27.3 Å². The van der Waals surface area contributed by atoms with Crippen LogP contribution in [0.25, 0.3) is 5.69 Å². The van der Waals surface area contributed by atoms with E-state index in [9.17, 15) is 9.59 Å². The lowest BCUT2D eigenvalue weighted by molar-refractivity contribution is -0.154. The fourth-order valence-electron chi connectivity index (χ4n) is 3.30. The number of ether oxygens (including phenoxy) is 1. The highest BCUT2D eigenvalue weighted by Gasteiger charge is 2.31. The molecule has 25 heavy (non-hydrogen) atoms. The van der Waals surface area contributed by atoms with E-state index >= 15 is 0 Å². The summed E-state index contributed by atoms with van der Waals surface area (Å²) in [5, 5.41) is 9.12. The fraction of sp³-hybridized carbons (Fsp3) is 0.368. The van der Waals surface area contributed by atoms with Crippen LogP contribution in [-0.4, -0.2) is 52.3 Å². The van der Waals surface area contributed by atoms with Crippen molar-refractivity contribution in [3.8, 4) is 5.69 Å². The molecule has 0 spiro atoms. The van der Waals surface area contributed by atoms with E-state index in [1.165, 1.54) is 0 Å². The number of nitrogens with zero attached hydrogens (tertiary/aromatic N) is 2. The van der Waals surface area contributed by atoms with Gasteiger partial charge in [0.1, 0.15) is 0 Å². The Kier molecular flexibility index (Phi) is 4.63. The van der Waals surface area contributed by atoms with E-state index in [2.05, 4.69) is 10.6 Å². The number of aryl methyl sites for hydroxylation is 2. The van der Waals surface area contributed by atoms with Crippen LogP contribution >= 0.6 is 0 Å². The van der Waals surface area contributed by atoms with Gasteiger partial charge in [0.15, 0.2) is 6.10 Å². The summed E-state index contributed by atoms with van der Waals surface area (Å²) in [6.45, 7) is 6.62. The van der Waals surface area contributed by atoms with Crippen LogP contribution in [0.2, 0.25) is 0 Å². The molecular weight excluding hydrogens is 320 g/mol. The van der Waals surface area contributed by atoms with E-state index in [1.807, 2.05) is 45.0 Å². The summed E-state index contributed by atoms with van der Waals surface area (Å²) < 4.78 is 7.25. The summed E-state index contributed by atoms with van der Waals surface area (Å²) in [6.07, 6.45) is -0.960. The molecule has 1 atom stereocenters. The molecule has 132 valence electrons. The lowest BCUT2D eigenvalue weighted by Gasteiger charge is -2.30. The Labute approximate surface area is 146 Å². The number of amides is 1. The number of carboxylic acid groups (broad SMARTS) is 1. The van der Waals surface area contributed by atoms with Crippen molar-refractivity contribution in [1.29, 1.82) is 0 Å². The second kappa shape index (κ2) is 6.72. The quantitative estimate of drug-likeness (QED) is 0.929. The fourth-order valence-corrected chi connectivity index (χ4v) is 3.30. The predicted octanol–water partition coefficient (Wildman–Crippen LogP) is 2.33. The van der Waals surface area contributed by atoms with Crippen LogP contribution in [0.4, 0.5) is 0 Å². The second-order valence-electron chi connectivity index (χ2n) is 6.41. The molecule has 1 N–H and O–H groups in total. The number of aromatic nitrogens is 1. The highest BCUT2D eigenvalue weighted by molar-refractivity contribution is 5.96. The second-order valence-corrected chi connectivity index (χ2v) is 6.41. The first-order chi connectivity index (χ1) is 11.9. The number of carbonyl (C=O) groups is 2. The normalized spacial score (nSPS) is 17.6. The molecular formula is C19H22N2O4. The van der Waals surface area contributed by atoms with Gasteiger partial charge >= 0.3 is 5.97 Å². The third kappa shape index (κ3) is 3.30. The zero-order chi connectivity index (χ0) is 18.1. The molecule has 1 aromatic carbocycles. The first kappa shape index (κ1) is 17.2. The minimum absolute atomic E-state index is 0.0717. The molecule has 2 heterocycles. The van der Waals surface area contributed by atoms with Gasteiger partial charge in [0.25, 0.3) is 5.91 Å². The van der Waals surface area contributed by atoms with Gasteiger partial charge < -0.3 is 19.3 Å². The van der Waals surface area contributed by atoms with Crippen LogP contribution in [-0.2, 0) is 9.53 Å². The molecule has 1 fully saturated rings. The Balaban J connectivity index is 1.92. The van der Waals surface area contributed by atoms with E-state index in [0.717, 1.165) is 22.6 Å². The Morgan fingerprint density at radius 3 is 2.64 bits per heavy atom. The molecule has 0 radical (unpaired) electrons. The third-order valence-electron chi connectivity index (χ3n) is 4.55. The summed E-state index contributed by atoms with van der Waals surface area (Å²) in [5.74, 6) is -1.19. The first-order valence-electron chi connectivity index (χ1n) is 8.28. The number of carboxylic acids is 1. The van der Waals surface area contributed by atoms with Gasteiger partial charge in [0.2, 0.25) is 0 Å². The number of rotatable bonds is 3. The van der Waals surface area contributed by atoms with E-state index < -0.39 is 12.1 Å². The van der Waals surface area contributed by atoms with Gasteiger partial charge in [-0.3, -0.25) is 4.79 Å². The summed E-state index contributed by atoms with van der Waals surface area (Å²) in [6, 6.07) is 9.97. The summed E-state index contributed by atoms with van der Waals surface area (Å²) in [5.41, 5.74) is 4.58. The molecule has 2 aromatic rings. The number of hydrogen-bond donors (Lipinski definition) is 1. The van der Waals surface area contributed by atoms with Gasteiger partial charge in [0.05, 0.1) is 18.7 Å². The van der Waals surface area contributed by atoms with Crippen molar-refractivity contribution in [3.05, 3.63) is 52.8 Å². The molecule has 6 heteroatoms. The van der Waals surface area contributed by atoms with Crippen LogP contribution in [0.5, 0.6) is 0 Å². The van der Waals surface area contributed by atoms with Gasteiger partial charge in [-0.15, -0.1) is 0 Å². The maximum Gasteiger partial charge on any atom is 0.334 e. The van der Waals surface area contributed by atoms with Crippen LogP contribution in [0.3, 0.4) is 0 Å². The number of morpholine rings is 1. The van der Waals surface area contributed by atoms with E-state index in [0.29, 0.717) is 12.1 Å². The summed E-state index contributed by atoms with van der Waals surface area (Å²) in [4.78, 5) is 25.6. The predicted molar refractivity (Wildman–Crippen MR) is 93.3 cm³/mol. The zero-order valence-corrected chi connectivity index (χ0v) is 14.7. The first-order valence-corrected chi connectivity index (χ1v) is 8.28. The summed E-state index contributed by atoms with van der Waals surface area (Å²) >= 11 is 0.